The molecule has 4 rings (SSSR count). The molecule has 3 aromatic rings. The largest absolute Gasteiger partial charge is 0.356 e. The first kappa shape index (κ1) is 16.5. The van der Waals surface area contributed by atoms with Crippen LogP contribution in [0.15, 0.2) is 42.6 Å². The first-order chi connectivity index (χ1) is 12.7. The number of carbonyl (C=O) groups is 1. The highest BCUT2D eigenvalue weighted by Gasteiger charge is 2.29. The van der Waals surface area contributed by atoms with E-state index in [1.165, 1.54) is 6.07 Å². The molecule has 3 heterocycles. The monoisotopic (exact) mass is 353 g/mol. The van der Waals surface area contributed by atoms with Gasteiger partial charge in [0.2, 0.25) is 5.91 Å². The number of hydrogen-bond acceptors (Lipinski definition) is 4. The third-order valence-corrected chi connectivity index (χ3v) is 4.72. The lowest BCUT2D eigenvalue weighted by Gasteiger charge is -2.20. The summed E-state index contributed by atoms with van der Waals surface area (Å²) in [4.78, 5) is 18.8. The summed E-state index contributed by atoms with van der Waals surface area (Å²) in [5.74, 6) is 0.544. The van der Waals surface area contributed by atoms with E-state index in [9.17, 15) is 9.18 Å². The third kappa shape index (κ3) is 2.89. The zero-order valence-corrected chi connectivity index (χ0v) is 14.5. The fourth-order valence-electron chi connectivity index (χ4n) is 3.43. The van der Waals surface area contributed by atoms with Crippen LogP contribution in [0.25, 0.3) is 16.9 Å². The maximum atomic E-state index is 14.2. The van der Waals surface area contributed by atoms with Crippen molar-refractivity contribution in [3.05, 3.63) is 48.4 Å². The molecule has 0 bridgehead atoms. The lowest BCUT2D eigenvalue weighted by atomic mass is 10.1. The van der Waals surface area contributed by atoms with Crippen LogP contribution in [0, 0.1) is 11.7 Å². The Morgan fingerprint density at radius 3 is 3.00 bits per heavy atom. The van der Waals surface area contributed by atoms with Crippen molar-refractivity contribution in [1.82, 2.24) is 19.9 Å². The van der Waals surface area contributed by atoms with Gasteiger partial charge in [-0.2, -0.15) is 9.61 Å². The lowest BCUT2D eigenvalue weighted by molar-refractivity contribution is -0.124. The van der Waals surface area contributed by atoms with Gasteiger partial charge in [-0.05, 0) is 25.5 Å². The van der Waals surface area contributed by atoms with Gasteiger partial charge in [0.25, 0.3) is 0 Å². The Balaban J connectivity index is 1.72. The Labute approximate surface area is 150 Å². The minimum Gasteiger partial charge on any atom is -0.356 e. The van der Waals surface area contributed by atoms with Crippen molar-refractivity contribution in [2.75, 3.05) is 24.5 Å². The number of anilines is 1. The molecule has 1 fully saturated rings. The van der Waals surface area contributed by atoms with Crippen LogP contribution in [-0.2, 0) is 4.79 Å². The number of amides is 1. The number of nitrogens with one attached hydrogen (secondary N) is 1. The van der Waals surface area contributed by atoms with Gasteiger partial charge < -0.3 is 10.2 Å². The molecule has 1 atom stereocenters. The van der Waals surface area contributed by atoms with Crippen molar-refractivity contribution in [2.45, 2.75) is 13.3 Å². The van der Waals surface area contributed by atoms with E-state index in [-0.39, 0.29) is 17.6 Å². The van der Waals surface area contributed by atoms with E-state index >= 15 is 0 Å². The van der Waals surface area contributed by atoms with Gasteiger partial charge in [0, 0.05) is 37.3 Å². The standard InChI is InChI=1S/C19H20FN5O/c1-2-21-19(26)13-8-10-24(12-13)18-11-16(14-5-3-4-6-15(14)20)23-17-7-9-22-25(17)18/h3-7,9,11,13H,2,8,10,12H2,1H3,(H,21,26)/t13-/m0/s1. The normalized spacial score (nSPS) is 17.0. The minimum absolute atomic E-state index is 0.0503. The molecule has 0 saturated carbocycles. The van der Waals surface area contributed by atoms with Gasteiger partial charge in [-0.25, -0.2) is 9.37 Å². The first-order valence-corrected chi connectivity index (χ1v) is 8.79. The molecule has 7 heteroatoms. The average molecular weight is 353 g/mol. The van der Waals surface area contributed by atoms with Gasteiger partial charge in [-0.15, -0.1) is 0 Å². The van der Waals surface area contributed by atoms with E-state index in [1.54, 1.807) is 35.0 Å². The van der Waals surface area contributed by atoms with Gasteiger partial charge >= 0.3 is 0 Å². The number of nitrogens with zero attached hydrogens (tertiary/aromatic N) is 4. The van der Waals surface area contributed by atoms with Crippen molar-refractivity contribution in [2.24, 2.45) is 5.92 Å². The minimum atomic E-state index is -0.309. The summed E-state index contributed by atoms with van der Waals surface area (Å²) in [7, 11) is 0. The molecule has 1 amide bonds. The van der Waals surface area contributed by atoms with Gasteiger partial charge in [-0.3, -0.25) is 4.79 Å². The summed E-state index contributed by atoms with van der Waals surface area (Å²) >= 11 is 0. The summed E-state index contributed by atoms with van der Waals surface area (Å²) in [6.07, 6.45) is 2.46. The molecule has 1 aliphatic rings. The molecule has 6 nitrogen and oxygen atoms in total. The van der Waals surface area contributed by atoms with E-state index in [4.69, 9.17) is 0 Å². The fraction of sp³-hybridized carbons (Fsp3) is 0.316. The van der Waals surface area contributed by atoms with Gasteiger partial charge in [0.15, 0.2) is 5.65 Å². The van der Waals surface area contributed by atoms with Crippen molar-refractivity contribution < 1.29 is 9.18 Å². The molecular formula is C19H20FN5O. The van der Waals surface area contributed by atoms with Crippen LogP contribution in [0.4, 0.5) is 10.2 Å². The molecule has 1 saturated heterocycles. The molecule has 0 aliphatic carbocycles. The predicted molar refractivity (Wildman–Crippen MR) is 97.4 cm³/mol. The Hall–Kier alpha value is -2.96. The number of halogens is 1. The van der Waals surface area contributed by atoms with Crippen molar-refractivity contribution in [1.29, 1.82) is 0 Å². The zero-order chi connectivity index (χ0) is 18.1. The molecule has 0 spiro atoms. The number of rotatable bonds is 4. The second-order valence-corrected chi connectivity index (χ2v) is 6.41. The highest BCUT2D eigenvalue weighted by molar-refractivity contribution is 5.80. The molecule has 1 N–H and O–H groups in total. The Bertz CT molecular complexity index is 954. The first-order valence-electron chi connectivity index (χ1n) is 8.79. The molecule has 0 radical (unpaired) electrons. The zero-order valence-electron chi connectivity index (χ0n) is 14.5. The Kier molecular flexibility index (Phi) is 4.28. The number of carbonyl (C=O) groups excluding carboxylic acids is 1. The maximum Gasteiger partial charge on any atom is 0.224 e. The van der Waals surface area contributed by atoms with Gasteiger partial charge in [0.1, 0.15) is 11.6 Å². The summed E-state index contributed by atoms with van der Waals surface area (Å²) in [6, 6.07) is 10.2. The van der Waals surface area contributed by atoms with Crippen LogP contribution in [-0.4, -0.2) is 40.1 Å². The maximum absolute atomic E-state index is 14.2. The average Bonchev–Trinajstić information content (AvgIpc) is 3.31. The summed E-state index contributed by atoms with van der Waals surface area (Å²) in [6.45, 7) is 3.91. The summed E-state index contributed by atoms with van der Waals surface area (Å²) in [5.41, 5.74) is 1.67. The van der Waals surface area contributed by atoms with Crippen molar-refractivity contribution in [3.63, 3.8) is 0 Å². The van der Waals surface area contributed by atoms with Crippen LogP contribution in [0.5, 0.6) is 0 Å². The second-order valence-electron chi connectivity index (χ2n) is 6.41. The summed E-state index contributed by atoms with van der Waals surface area (Å²) < 4.78 is 16.0. The number of benzene rings is 1. The van der Waals surface area contributed by atoms with Gasteiger partial charge in [0.05, 0.1) is 17.8 Å². The number of aromatic nitrogens is 3. The van der Waals surface area contributed by atoms with Crippen LogP contribution < -0.4 is 10.2 Å². The predicted octanol–water partition coefficient (Wildman–Crippen LogP) is 2.50. The highest BCUT2D eigenvalue weighted by Crippen LogP contribution is 2.29. The molecule has 26 heavy (non-hydrogen) atoms. The van der Waals surface area contributed by atoms with Crippen LogP contribution in [0.2, 0.25) is 0 Å². The van der Waals surface area contributed by atoms with Crippen LogP contribution in [0.1, 0.15) is 13.3 Å². The Morgan fingerprint density at radius 2 is 2.19 bits per heavy atom. The van der Waals surface area contributed by atoms with E-state index in [1.807, 2.05) is 13.0 Å². The number of fused-ring (bicyclic) bond motifs is 1. The van der Waals surface area contributed by atoms with Crippen molar-refractivity contribution >= 4 is 17.4 Å². The Morgan fingerprint density at radius 1 is 1.35 bits per heavy atom. The molecule has 2 aromatic heterocycles. The van der Waals surface area contributed by atoms with Crippen LogP contribution in [0.3, 0.4) is 0 Å². The molecule has 1 aliphatic heterocycles. The van der Waals surface area contributed by atoms with Gasteiger partial charge in [-0.1, -0.05) is 12.1 Å². The van der Waals surface area contributed by atoms with E-state index in [2.05, 4.69) is 20.3 Å². The van der Waals surface area contributed by atoms with Crippen LogP contribution >= 0.6 is 0 Å². The SMILES string of the molecule is CCNC(=O)[C@H]1CCN(c2cc(-c3ccccc3F)nc3ccnn23)C1. The van der Waals surface area contributed by atoms with E-state index < -0.39 is 0 Å². The van der Waals surface area contributed by atoms with E-state index in [0.717, 1.165) is 18.8 Å². The lowest BCUT2D eigenvalue weighted by Crippen LogP contribution is -2.33. The molecule has 134 valence electrons. The third-order valence-electron chi connectivity index (χ3n) is 4.72. The number of hydrogen-bond donors (Lipinski definition) is 1. The second kappa shape index (κ2) is 6.74. The quantitative estimate of drug-likeness (QED) is 0.783. The van der Waals surface area contributed by atoms with E-state index in [0.29, 0.717) is 30.0 Å². The summed E-state index contributed by atoms with van der Waals surface area (Å²) in [5, 5.41) is 7.23. The fourth-order valence-corrected chi connectivity index (χ4v) is 3.43. The molecule has 0 unspecified atom stereocenters. The molecular weight excluding hydrogens is 333 g/mol. The molecule has 1 aromatic carbocycles. The highest BCUT2D eigenvalue weighted by atomic mass is 19.1. The topological polar surface area (TPSA) is 62.5 Å². The smallest absolute Gasteiger partial charge is 0.224 e. The van der Waals surface area contributed by atoms with Crippen molar-refractivity contribution in [3.8, 4) is 11.3 Å².